The van der Waals surface area contributed by atoms with Gasteiger partial charge in [-0.1, -0.05) is 30.3 Å². The highest BCUT2D eigenvalue weighted by Gasteiger charge is 2.43. The number of aromatic amines is 1. The number of pyridine rings is 1. The first-order chi connectivity index (χ1) is 14.6. The molecule has 2 aromatic heterocycles. The lowest BCUT2D eigenvalue weighted by Crippen LogP contribution is -2.53. The van der Waals surface area contributed by atoms with Crippen molar-refractivity contribution in [2.24, 2.45) is 0 Å². The lowest BCUT2D eigenvalue weighted by Gasteiger charge is -2.48. The van der Waals surface area contributed by atoms with E-state index in [4.69, 9.17) is 0 Å². The highest BCUT2D eigenvalue weighted by Crippen LogP contribution is 2.42. The van der Waals surface area contributed by atoms with Gasteiger partial charge in [-0.3, -0.25) is 14.7 Å². The van der Waals surface area contributed by atoms with Gasteiger partial charge in [-0.25, -0.2) is 0 Å². The number of hydrogen-bond donors (Lipinski definition) is 1. The van der Waals surface area contributed by atoms with E-state index in [0.717, 1.165) is 50.4 Å². The van der Waals surface area contributed by atoms with Gasteiger partial charge in [0, 0.05) is 36.9 Å². The quantitative estimate of drug-likeness (QED) is 0.725. The van der Waals surface area contributed by atoms with Crippen LogP contribution in [0, 0.1) is 6.92 Å². The number of amides is 1. The lowest BCUT2D eigenvalue weighted by molar-refractivity contribution is 0.0567. The predicted octanol–water partition coefficient (Wildman–Crippen LogP) is 3.91. The minimum Gasteiger partial charge on any atom is -0.357 e. The molecule has 0 unspecified atom stereocenters. The molecular weight excluding hydrogens is 372 g/mol. The Hall–Kier alpha value is -2.92. The first-order valence-electron chi connectivity index (χ1n) is 10.8. The van der Waals surface area contributed by atoms with Crippen LogP contribution in [0.2, 0.25) is 0 Å². The molecule has 5 rings (SSSR count). The van der Waals surface area contributed by atoms with Crippen molar-refractivity contribution in [1.29, 1.82) is 0 Å². The number of carbonyl (C=O) groups excluding carboxylic acids is 1. The number of piperidine rings is 1. The number of benzene rings is 1. The van der Waals surface area contributed by atoms with Crippen LogP contribution in [0.5, 0.6) is 0 Å². The maximum Gasteiger partial charge on any atom is 0.270 e. The minimum absolute atomic E-state index is 0.0353. The molecule has 3 aromatic rings. The third-order valence-corrected chi connectivity index (χ3v) is 6.70. The number of nitrogens with zero attached hydrogens (tertiary/aromatic N) is 3. The molecule has 5 nitrogen and oxygen atoms in total. The molecule has 1 saturated heterocycles. The SMILES string of the molecule is Cc1cccc(CN2CCC3(CC2)CN(C(=O)c2ccc[nH]2)Cc2ccccc23)n1. The average Bonchev–Trinajstić information content (AvgIpc) is 3.30. The van der Waals surface area contributed by atoms with Crippen molar-refractivity contribution in [2.75, 3.05) is 19.6 Å². The van der Waals surface area contributed by atoms with Crippen molar-refractivity contribution >= 4 is 5.91 Å². The van der Waals surface area contributed by atoms with Crippen molar-refractivity contribution in [2.45, 2.75) is 38.3 Å². The van der Waals surface area contributed by atoms with Crippen LogP contribution in [0.3, 0.4) is 0 Å². The van der Waals surface area contributed by atoms with Crippen LogP contribution in [0.25, 0.3) is 0 Å². The summed E-state index contributed by atoms with van der Waals surface area (Å²) in [5, 5.41) is 0. The Morgan fingerprint density at radius 2 is 1.90 bits per heavy atom. The molecule has 1 fully saturated rings. The molecule has 1 N–H and O–H groups in total. The number of nitrogens with one attached hydrogen (secondary N) is 1. The molecule has 2 aliphatic rings. The number of carbonyl (C=O) groups is 1. The minimum atomic E-state index is 0.0353. The van der Waals surface area contributed by atoms with E-state index in [-0.39, 0.29) is 11.3 Å². The summed E-state index contributed by atoms with van der Waals surface area (Å²) in [6.07, 6.45) is 3.94. The van der Waals surface area contributed by atoms with Crippen LogP contribution in [0.4, 0.5) is 0 Å². The molecule has 0 radical (unpaired) electrons. The zero-order valence-electron chi connectivity index (χ0n) is 17.5. The Morgan fingerprint density at radius 1 is 1.07 bits per heavy atom. The number of rotatable bonds is 3. The molecule has 0 bridgehead atoms. The molecule has 1 amide bonds. The second-order valence-corrected chi connectivity index (χ2v) is 8.73. The van der Waals surface area contributed by atoms with Crippen molar-refractivity contribution in [3.05, 3.63) is 89.0 Å². The number of likely N-dealkylation sites (tertiary alicyclic amines) is 1. The second kappa shape index (κ2) is 7.73. The smallest absolute Gasteiger partial charge is 0.270 e. The van der Waals surface area contributed by atoms with Crippen LogP contribution < -0.4 is 0 Å². The first kappa shape index (κ1) is 19.1. The maximum absolute atomic E-state index is 13.1. The van der Waals surface area contributed by atoms with Crippen LogP contribution in [-0.2, 0) is 18.5 Å². The molecule has 4 heterocycles. The van der Waals surface area contributed by atoms with E-state index in [9.17, 15) is 4.79 Å². The number of fused-ring (bicyclic) bond motifs is 2. The molecule has 0 atom stereocenters. The standard InChI is InChI=1S/C25H28N4O/c1-19-6-4-8-21(27-19)17-28-14-11-25(12-15-28)18-29(24(30)23-10-5-13-26-23)16-20-7-2-3-9-22(20)25/h2-10,13,26H,11-12,14-18H2,1H3. The number of hydrogen-bond acceptors (Lipinski definition) is 3. The average molecular weight is 401 g/mol. The molecule has 2 aliphatic heterocycles. The topological polar surface area (TPSA) is 52.2 Å². The summed E-state index contributed by atoms with van der Waals surface area (Å²) in [6.45, 7) is 6.46. The Kier molecular flexibility index (Phi) is 4.91. The summed E-state index contributed by atoms with van der Waals surface area (Å²) in [4.78, 5) is 25.4. The fourth-order valence-electron chi connectivity index (χ4n) is 5.15. The van der Waals surface area contributed by atoms with E-state index in [0.29, 0.717) is 12.2 Å². The zero-order chi connectivity index (χ0) is 20.6. The van der Waals surface area contributed by atoms with E-state index in [2.05, 4.69) is 51.3 Å². The highest BCUT2D eigenvalue weighted by molar-refractivity contribution is 5.92. The summed E-state index contributed by atoms with van der Waals surface area (Å²) in [7, 11) is 0. The number of aromatic nitrogens is 2. The largest absolute Gasteiger partial charge is 0.357 e. The van der Waals surface area contributed by atoms with E-state index < -0.39 is 0 Å². The van der Waals surface area contributed by atoms with Crippen molar-refractivity contribution in [3.63, 3.8) is 0 Å². The van der Waals surface area contributed by atoms with Gasteiger partial charge in [0.1, 0.15) is 5.69 Å². The van der Waals surface area contributed by atoms with Gasteiger partial charge in [-0.2, -0.15) is 0 Å². The van der Waals surface area contributed by atoms with Crippen molar-refractivity contribution in [1.82, 2.24) is 19.8 Å². The molecule has 0 aliphatic carbocycles. The van der Waals surface area contributed by atoms with Gasteiger partial charge in [0.15, 0.2) is 0 Å². The van der Waals surface area contributed by atoms with Crippen molar-refractivity contribution < 1.29 is 4.79 Å². The highest BCUT2D eigenvalue weighted by atomic mass is 16.2. The van der Waals surface area contributed by atoms with Gasteiger partial charge in [-0.15, -0.1) is 0 Å². The van der Waals surface area contributed by atoms with Gasteiger partial charge < -0.3 is 9.88 Å². The number of H-pyrrole nitrogens is 1. The normalized spacial score (nSPS) is 18.4. The van der Waals surface area contributed by atoms with E-state index in [1.807, 2.05) is 36.2 Å². The van der Waals surface area contributed by atoms with E-state index >= 15 is 0 Å². The summed E-state index contributed by atoms with van der Waals surface area (Å²) in [5.41, 5.74) is 5.64. The first-order valence-corrected chi connectivity index (χ1v) is 10.8. The Bertz CT molecular complexity index is 1030. The number of aryl methyl sites for hydroxylation is 1. The van der Waals surface area contributed by atoms with Crippen LogP contribution >= 0.6 is 0 Å². The Labute approximate surface area is 177 Å². The van der Waals surface area contributed by atoms with Crippen LogP contribution in [-0.4, -0.2) is 45.3 Å². The van der Waals surface area contributed by atoms with Gasteiger partial charge in [0.25, 0.3) is 5.91 Å². The van der Waals surface area contributed by atoms with Gasteiger partial charge in [0.2, 0.25) is 0 Å². The third kappa shape index (κ3) is 3.54. The van der Waals surface area contributed by atoms with Gasteiger partial charge in [-0.05, 0) is 68.2 Å². The van der Waals surface area contributed by atoms with E-state index in [1.165, 1.54) is 11.1 Å². The van der Waals surface area contributed by atoms with Crippen LogP contribution in [0.15, 0.2) is 60.8 Å². The Morgan fingerprint density at radius 3 is 2.67 bits per heavy atom. The summed E-state index contributed by atoms with van der Waals surface area (Å²) in [6, 6.07) is 18.7. The van der Waals surface area contributed by atoms with Crippen molar-refractivity contribution in [3.8, 4) is 0 Å². The molecule has 154 valence electrons. The molecule has 1 aromatic carbocycles. The fourth-order valence-corrected chi connectivity index (χ4v) is 5.15. The van der Waals surface area contributed by atoms with Gasteiger partial charge in [0.05, 0.1) is 5.69 Å². The van der Waals surface area contributed by atoms with E-state index in [1.54, 1.807) is 0 Å². The second-order valence-electron chi connectivity index (χ2n) is 8.73. The summed E-state index contributed by atoms with van der Waals surface area (Å²) >= 11 is 0. The van der Waals surface area contributed by atoms with Gasteiger partial charge >= 0.3 is 0 Å². The molecular formula is C25H28N4O. The molecule has 30 heavy (non-hydrogen) atoms. The zero-order valence-corrected chi connectivity index (χ0v) is 17.5. The molecule has 5 heteroatoms. The maximum atomic E-state index is 13.1. The Balaban J connectivity index is 1.37. The fraction of sp³-hybridized carbons (Fsp3) is 0.360. The lowest BCUT2D eigenvalue weighted by atomic mass is 9.68. The predicted molar refractivity (Wildman–Crippen MR) is 117 cm³/mol. The molecule has 1 spiro atoms. The summed E-state index contributed by atoms with van der Waals surface area (Å²) < 4.78 is 0. The molecule has 0 saturated carbocycles. The van der Waals surface area contributed by atoms with Crippen LogP contribution in [0.1, 0.15) is 45.8 Å². The summed E-state index contributed by atoms with van der Waals surface area (Å²) in [5.74, 6) is 0.0975. The third-order valence-electron chi connectivity index (χ3n) is 6.70. The monoisotopic (exact) mass is 400 g/mol.